The number of benzene rings is 2. The Morgan fingerprint density at radius 1 is 1.05 bits per heavy atom. The molecule has 102 valence electrons. The highest BCUT2D eigenvalue weighted by Crippen LogP contribution is 2.36. The van der Waals surface area contributed by atoms with Crippen molar-refractivity contribution >= 4 is 5.78 Å². The van der Waals surface area contributed by atoms with Crippen molar-refractivity contribution in [1.82, 2.24) is 0 Å². The van der Waals surface area contributed by atoms with Crippen molar-refractivity contribution in [3.8, 4) is 0 Å². The minimum atomic E-state index is -1.08. The van der Waals surface area contributed by atoms with Crippen molar-refractivity contribution in [3.05, 3.63) is 71.3 Å². The molecule has 1 saturated carbocycles. The van der Waals surface area contributed by atoms with Gasteiger partial charge in [-0.05, 0) is 36.0 Å². The Hall–Kier alpha value is -1.93. The fourth-order valence-corrected chi connectivity index (χ4v) is 2.63. The maximum absolute atomic E-state index is 12.4. The van der Waals surface area contributed by atoms with Crippen LogP contribution in [0.4, 0.5) is 0 Å². The van der Waals surface area contributed by atoms with Crippen LogP contribution in [-0.4, -0.2) is 10.9 Å². The zero-order valence-electron chi connectivity index (χ0n) is 11.3. The van der Waals surface area contributed by atoms with Crippen LogP contribution in [0.2, 0.25) is 0 Å². The maximum atomic E-state index is 12.4. The van der Waals surface area contributed by atoms with Gasteiger partial charge in [-0.15, -0.1) is 0 Å². The van der Waals surface area contributed by atoms with E-state index < -0.39 is 6.10 Å². The van der Waals surface area contributed by atoms with E-state index in [2.05, 4.69) is 6.07 Å². The van der Waals surface area contributed by atoms with E-state index in [-0.39, 0.29) is 5.78 Å². The van der Waals surface area contributed by atoms with Gasteiger partial charge in [0.25, 0.3) is 0 Å². The van der Waals surface area contributed by atoms with E-state index in [0.29, 0.717) is 17.0 Å². The third-order valence-electron chi connectivity index (χ3n) is 4.11. The summed E-state index contributed by atoms with van der Waals surface area (Å²) in [4.78, 5) is 12.4. The van der Waals surface area contributed by atoms with Crippen LogP contribution < -0.4 is 0 Å². The summed E-state index contributed by atoms with van der Waals surface area (Å²) < 4.78 is 0. The Kier molecular flexibility index (Phi) is 3.66. The minimum Gasteiger partial charge on any atom is -0.380 e. The number of carbonyl (C=O) groups excluding carboxylic acids is 1. The van der Waals surface area contributed by atoms with Crippen molar-refractivity contribution in [2.24, 2.45) is 0 Å². The highest BCUT2D eigenvalue weighted by atomic mass is 16.3. The summed E-state index contributed by atoms with van der Waals surface area (Å²) in [5.41, 5.74) is 2.47. The average Bonchev–Trinajstić information content (AvgIpc) is 2.45. The monoisotopic (exact) mass is 266 g/mol. The van der Waals surface area contributed by atoms with Crippen LogP contribution in [0.25, 0.3) is 0 Å². The molecule has 1 fully saturated rings. The summed E-state index contributed by atoms with van der Waals surface area (Å²) in [7, 11) is 0. The first kappa shape index (κ1) is 13.1. The molecule has 0 aromatic heterocycles. The maximum Gasteiger partial charge on any atom is 0.195 e. The van der Waals surface area contributed by atoms with Crippen molar-refractivity contribution < 1.29 is 9.90 Å². The van der Waals surface area contributed by atoms with E-state index in [1.807, 2.05) is 30.3 Å². The molecule has 20 heavy (non-hydrogen) atoms. The average molecular weight is 266 g/mol. The van der Waals surface area contributed by atoms with Crippen LogP contribution in [0, 0.1) is 0 Å². The molecule has 0 saturated heterocycles. The molecule has 1 unspecified atom stereocenters. The number of ketones is 1. The zero-order chi connectivity index (χ0) is 13.9. The number of aliphatic hydroxyl groups is 1. The molecule has 0 spiro atoms. The number of rotatable bonds is 4. The first-order valence-electron chi connectivity index (χ1n) is 7.13. The van der Waals surface area contributed by atoms with Gasteiger partial charge in [0.1, 0.15) is 6.10 Å². The lowest BCUT2D eigenvalue weighted by Crippen LogP contribution is -2.14. The van der Waals surface area contributed by atoms with E-state index in [1.54, 1.807) is 18.2 Å². The second kappa shape index (κ2) is 5.59. The van der Waals surface area contributed by atoms with E-state index in [4.69, 9.17) is 0 Å². The normalized spacial score (nSPS) is 16.4. The van der Waals surface area contributed by atoms with Crippen LogP contribution in [0.1, 0.15) is 52.8 Å². The van der Waals surface area contributed by atoms with Crippen LogP contribution in [0.3, 0.4) is 0 Å². The Labute approximate surface area is 119 Å². The van der Waals surface area contributed by atoms with E-state index in [1.165, 1.54) is 24.8 Å². The molecule has 2 nitrogen and oxygen atoms in total. The highest BCUT2D eigenvalue weighted by molar-refractivity contribution is 6.00. The van der Waals surface area contributed by atoms with Gasteiger partial charge in [0.2, 0.25) is 0 Å². The van der Waals surface area contributed by atoms with Crippen molar-refractivity contribution in [3.63, 3.8) is 0 Å². The summed E-state index contributed by atoms with van der Waals surface area (Å²) >= 11 is 0. The lowest BCUT2D eigenvalue weighted by Gasteiger charge is -2.26. The summed E-state index contributed by atoms with van der Waals surface area (Å²) in [6, 6.07) is 16.8. The molecule has 2 aromatic carbocycles. The molecule has 0 bridgehead atoms. The van der Waals surface area contributed by atoms with Crippen LogP contribution >= 0.6 is 0 Å². The van der Waals surface area contributed by atoms with Crippen molar-refractivity contribution in [2.75, 3.05) is 0 Å². The SMILES string of the molecule is O=C(c1cccc(C2CCC2)c1)C(O)c1ccccc1. The topological polar surface area (TPSA) is 37.3 Å². The summed E-state index contributed by atoms with van der Waals surface area (Å²) in [6.07, 6.45) is 2.61. The quantitative estimate of drug-likeness (QED) is 0.853. The van der Waals surface area contributed by atoms with Gasteiger partial charge < -0.3 is 5.11 Å². The van der Waals surface area contributed by atoms with Gasteiger partial charge in [0, 0.05) is 5.56 Å². The summed E-state index contributed by atoms with van der Waals surface area (Å²) in [5.74, 6) is 0.369. The largest absolute Gasteiger partial charge is 0.380 e. The molecule has 0 amide bonds. The fourth-order valence-electron chi connectivity index (χ4n) is 2.63. The lowest BCUT2D eigenvalue weighted by molar-refractivity contribution is 0.0747. The van der Waals surface area contributed by atoms with Gasteiger partial charge in [-0.2, -0.15) is 0 Å². The number of Topliss-reactive ketones (excluding diaryl/α,β-unsaturated/α-hetero) is 1. The van der Waals surface area contributed by atoms with Gasteiger partial charge in [0.15, 0.2) is 5.78 Å². The minimum absolute atomic E-state index is 0.225. The first-order valence-corrected chi connectivity index (χ1v) is 7.13. The molecule has 1 aliphatic carbocycles. The van der Waals surface area contributed by atoms with Gasteiger partial charge in [0.05, 0.1) is 0 Å². The molecule has 0 heterocycles. The highest BCUT2D eigenvalue weighted by Gasteiger charge is 2.22. The third kappa shape index (κ3) is 2.52. The van der Waals surface area contributed by atoms with E-state index in [0.717, 1.165) is 0 Å². The smallest absolute Gasteiger partial charge is 0.195 e. The zero-order valence-corrected chi connectivity index (χ0v) is 11.3. The lowest BCUT2D eigenvalue weighted by atomic mass is 9.79. The Balaban J connectivity index is 1.83. The van der Waals surface area contributed by atoms with Crippen molar-refractivity contribution in [2.45, 2.75) is 31.3 Å². The fraction of sp³-hybridized carbons (Fsp3) is 0.278. The van der Waals surface area contributed by atoms with Crippen LogP contribution in [0.5, 0.6) is 0 Å². The Bertz CT molecular complexity index is 600. The van der Waals surface area contributed by atoms with Crippen LogP contribution in [0.15, 0.2) is 54.6 Å². The van der Waals surface area contributed by atoms with Crippen molar-refractivity contribution in [1.29, 1.82) is 0 Å². The molecule has 1 N–H and O–H groups in total. The molecule has 0 radical (unpaired) electrons. The third-order valence-corrected chi connectivity index (χ3v) is 4.11. The predicted molar refractivity (Wildman–Crippen MR) is 78.8 cm³/mol. The number of aliphatic hydroxyl groups excluding tert-OH is 1. The molecular formula is C18H18O2. The molecule has 2 aromatic rings. The molecular weight excluding hydrogens is 248 g/mol. The summed E-state index contributed by atoms with van der Waals surface area (Å²) in [6.45, 7) is 0. The number of hydrogen-bond acceptors (Lipinski definition) is 2. The Morgan fingerprint density at radius 2 is 1.80 bits per heavy atom. The summed E-state index contributed by atoms with van der Waals surface area (Å²) in [5, 5.41) is 10.2. The standard InChI is InChI=1S/C18H18O2/c19-17(14-6-2-1-3-7-14)18(20)16-11-5-10-15(12-16)13-8-4-9-13/h1-3,5-7,10-13,17,19H,4,8-9H2. The van der Waals surface area contributed by atoms with E-state index >= 15 is 0 Å². The van der Waals surface area contributed by atoms with Gasteiger partial charge in [-0.3, -0.25) is 4.79 Å². The molecule has 0 aliphatic heterocycles. The van der Waals surface area contributed by atoms with E-state index in [9.17, 15) is 9.90 Å². The molecule has 2 heteroatoms. The molecule has 3 rings (SSSR count). The Morgan fingerprint density at radius 3 is 2.45 bits per heavy atom. The first-order chi connectivity index (χ1) is 9.75. The van der Waals surface area contributed by atoms with Gasteiger partial charge in [-0.1, -0.05) is 55.0 Å². The molecule has 1 aliphatic rings. The number of carbonyl (C=O) groups is 1. The second-order valence-corrected chi connectivity index (χ2v) is 5.43. The predicted octanol–water partition coefficient (Wildman–Crippen LogP) is 3.87. The van der Waals surface area contributed by atoms with Gasteiger partial charge in [-0.25, -0.2) is 0 Å². The van der Waals surface area contributed by atoms with Gasteiger partial charge >= 0.3 is 0 Å². The molecule has 1 atom stereocenters. The van der Waals surface area contributed by atoms with Crippen LogP contribution in [-0.2, 0) is 0 Å². The second-order valence-electron chi connectivity index (χ2n) is 5.43. The number of hydrogen-bond donors (Lipinski definition) is 1.